The summed E-state index contributed by atoms with van der Waals surface area (Å²) in [4.78, 5) is 26.2. The molecule has 0 unspecified atom stereocenters. The Balaban J connectivity index is 1.86. The molecule has 0 fully saturated rings. The molecule has 2 amide bonds. The number of carboxylic acids is 1. The van der Waals surface area contributed by atoms with E-state index in [-0.39, 0.29) is 10.6 Å². The number of aromatic nitrogens is 2. The lowest BCUT2D eigenvalue weighted by atomic mass is 10.2. The average Bonchev–Trinajstić information content (AvgIpc) is 2.94. The lowest BCUT2D eigenvalue weighted by molar-refractivity contribution is 0.0697. The fraction of sp³-hybridized carbons (Fsp3) is 0.167. The van der Waals surface area contributed by atoms with Gasteiger partial charge in [-0.2, -0.15) is 4.98 Å². The number of carbonyl (C=O) groups is 2. The van der Waals surface area contributed by atoms with E-state index in [1.807, 2.05) is 0 Å². The van der Waals surface area contributed by atoms with Crippen LogP contribution >= 0.6 is 11.6 Å². The number of benzene rings is 1. The van der Waals surface area contributed by atoms with Crippen molar-refractivity contribution in [3.8, 4) is 0 Å². The molecule has 1 aromatic heterocycles. The highest BCUT2D eigenvalue weighted by molar-refractivity contribution is 6.34. The molecule has 1 heterocycles. The van der Waals surface area contributed by atoms with Crippen LogP contribution in [0, 0.1) is 0 Å². The number of anilines is 1. The van der Waals surface area contributed by atoms with E-state index in [4.69, 9.17) is 21.2 Å². The first-order valence-electron chi connectivity index (χ1n) is 5.89. The largest absolute Gasteiger partial charge is 0.478 e. The number of urea groups is 1. The van der Waals surface area contributed by atoms with Crippen LogP contribution in [-0.2, 0) is 6.42 Å². The summed E-state index contributed by atoms with van der Waals surface area (Å²) in [6.45, 7) is 0.304. The molecule has 3 N–H and O–H groups in total. The first-order chi connectivity index (χ1) is 10.1. The molecule has 0 saturated carbocycles. The highest BCUT2D eigenvalue weighted by Crippen LogP contribution is 2.22. The molecule has 0 aliphatic heterocycles. The Hall–Kier alpha value is -2.61. The van der Waals surface area contributed by atoms with Gasteiger partial charge in [-0.3, -0.25) is 0 Å². The van der Waals surface area contributed by atoms with Gasteiger partial charge < -0.3 is 20.3 Å². The first kappa shape index (κ1) is 14.8. The minimum atomic E-state index is -1.09. The number of hydrogen-bond acceptors (Lipinski definition) is 5. The van der Waals surface area contributed by atoms with E-state index >= 15 is 0 Å². The first-order valence-corrected chi connectivity index (χ1v) is 6.27. The second kappa shape index (κ2) is 6.71. The number of halogens is 1. The number of carbonyl (C=O) groups excluding carboxylic acids is 1. The second-order valence-electron chi connectivity index (χ2n) is 3.97. The van der Waals surface area contributed by atoms with Crippen molar-refractivity contribution in [1.29, 1.82) is 0 Å². The molecule has 8 nitrogen and oxygen atoms in total. The SMILES string of the molecule is O=C(NCCc1ncno1)Nc1ccc(C(=O)O)cc1Cl. The highest BCUT2D eigenvalue weighted by Gasteiger charge is 2.09. The normalized spacial score (nSPS) is 10.1. The quantitative estimate of drug-likeness (QED) is 0.775. The van der Waals surface area contributed by atoms with E-state index in [0.717, 1.165) is 0 Å². The van der Waals surface area contributed by atoms with Gasteiger partial charge >= 0.3 is 12.0 Å². The van der Waals surface area contributed by atoms with Crippen LogP contribution in [0.15, 0.2) is 29.0 Å². The van der Waals surface area contributed by atoms with Crippen LogP contribution in [0.2, 0.25) is 5.02 Å². The molecule has 0 saturated heterocycles. The summed E-state index contributed by atoms with van der Waals surface area (Å²) in [5.41, 5.74) is 0.360. The molecule has 1 aromatic carbocycles. The summed E-state index contributed by atoms with van der Waals surface area (Å²) in [6, 6.07) is 3.56. The third-order valence-corrected chi connectivity index (χ3v) is 2.81. The molecule has 110 valence electrons. The number of amides is 2. The van der Waals surface area contributed by atoms with Crippen molar-refractivity contribution in [3.05, 3.63) is 41.0 Å². The molecule has 0 spiro atoms. The molecule has 21 heavy (non-hydrogen) atoms. The maximum absolute atomic E-state index is 11.6. The standard InChI is InChI=1S/C12H11ClN4O4/c13-8-5-7(11(18)19)1-2-9(8)17-12(20)14-4-3-10-15-6-16-21-10/h1-2,5-6H,3-4H2,(H,18,19)(H2,14,17,20). The van der Waals surface area contributed by atoms with Gasteiger partial charge in [0.1, 0.15) is 0 Å². The van der Waals surface area contributed by atoms with Crippen LogP contribution in [0.3, 0.4) is 0 Å². The molecule has 2 aromatic rings. The van der Waals surface area contributed by atoms with Crippen LogP contribution in [0.1, 0.15) is 16.2 Å². The number of hydrogen-bond donors (Lipinski definition) is 3. The zero-order chi connectivity index (χ0) is 15.2. The van der Waals surface area contributed by atoms with Crippen molar-refractivity contribution in [3.63, 3.8) is 0 Å². The number of carboxylic acid groups (broad SMARTS) is 1. The summed E-state index contributed by atoms with van der Waals surface area (Å²) in [5, 5.41) is 17.5. The van der Waals surface area contributed by atoms with Crippen LogP contribution in [0.5, 0.6) is 0 Å². The smallest absolute Gasteiger partial charge is 0.335 e. The van der Waals surface area contributed by atoms with Crippen molar-refractivity contribution in [2.75, 3.05) is 11.9 Å². The predicted molar refractivity (Wildman–Crippen MR) is 73.4 cm³/mol. The summed E-state index contributed by atoms with van der Waals surface area (Å²) in [7, 11) is 0. The Morgan fingerprint density at radius 2 is 2.19 bits per heavy atom. The van der Waals surface area contributed by atoms with E-state index < -0.39 is 12.0 Å². The summed E-state index contributed by atoms with van der Waals surface area (Å²) >= 11 is 5.89. The lowest BCUT2D eigenvalue weighted by Crippen LogP contribution is -2.30. The van der Waals surface area contributed by atoms with Gasteiger partial charge in [0.05, 0.1) is 16.3 Å². The van der Waals surface area contributed by atoms with Gasteiger partial charge in [0.25, 0.3) is 0 Å². The maximum atomic E-state index is 11.6. The van der Waals surface area contributed by atoms with Gasteiger partial charge in [0.2, 0.25) is 5.89 Å². The van der Waals surface area contributed by atoms with Gasteiger partial charge in [-0.25, -0.2) is 9.59 Å². The average molecular weight is 311 g/mol. The molecule has 0 aliphatic rings. The van der Waals surface area contributed by atoms with Crippen molar-refractivity contribution >= 4 is 29.3 Å². The topological polar surface area (TPSA) is 117 Å². The molecule has 0 bridgehead atoms. The molecular formula is C12H11ClN4O4. The third-order valence-electron chi connectivity index (χ3n) is 2.50. The fourth-order valence-corrected chi connectivity index (χ4v) is 1.73. The van der Waals surface area contributed by atoms with Gasteiger partial charge in [0, 0.05) is 13.0 Å². The van der Waals surface area contributed by atoms with E-state index in [1.165, 1.54) is 24.5 Å². The van der Waals surface area contributed by atoms with E-state index in [1.54, 1.807) is 0 Å². The summed E-state index contributed by atoms with van der Waals surface area (Å²) in [5.74, 6) is -0.674. The molecule has 0 aliphatic carbocycles. The van der Waals surface area contributed by atoms with E-state index in [9.17, 15) is 9.59 Å². The van der Waals surface area contributed by atoms with Gasteiger partial charge in [-0.1, -0.05) is 16.8 Å². The van der Waals surface area contributed by atoms with Crippen molar-refractivity contribution in [1.82, 2.24) is 15.5 Å². The fourth-order valence-electron chi connectivity index (χ4n) is 1.51. The Bertz CT molecular complexity index is 645. The van der Waals surface area contributed by atoms with Crippen LogP contribution in [0.4, 0.5) is 10.5 Å². The Morgan fingerprint density at radius 1 is 1.38 bits per heavy atom. The molecule has 2 rings (SSSR count). The summed E-state index contributed by atoms with van der Waals surface area (Å²) in [6.07, 6.45) is 1.68. The third kappa shape index (κ3) is 4.18. The van der Waals surface area contributed by atoms with Crippen LogP contribution in [0.25, 0.3) is 0 Å². The summed E-state index contributed by atoms with van der Waals surface area (Å²) < 4.78 is 4.78. The molecular weight excluding hydrogens is 300 g/mol. The van der Waals surface area contributed by atoms with Crippen molar-refractivity contribution < 1.29 is 19.2 Å². The van der Waals surface area contributed by atoms with Crippen LogP contribution in [-0.4, -0.2) is 33.8 Å². The Kier molecular flexibility index (Phi) is 4.72. The monoisotopic (exact) mass is 310 g/mol. The van der Waals surface area contributed by atoms with Gasteiger partial charge in [0.15, 0.2) is 6.33 Å². The van der Waals surface area contributed by atoms with Crippen molar-refractivity contribution in [2.45, 2.75) is 6.42 Å². The van der Waals surface area contributed by atoms with Crippen LogP contribution < -0.4 is 10.6 Å². The molecule has 0 radical (unpaired) electrons. The minimum Gasteiger partial charge on any atom is -0.478 e. The number of rotatable bonds is 5. The maximum Gasteiger partial charge on any atom is 0.335 e. The number of aromatic carboxylic acids is 1. The number of nitrogens with zero attached hydrogens (tertiary/aromatic N) is 2. The van der Waals surface area contributed by atoms with Gasteiger partial charge in [-0.15, -0.1) is 0 Å². The molecule has 0 atom stereocenters. The minimum absolute atomic E-state index is 0.0438. The molecule has 9 heteroatoms. The van der Waals surface area contributed by atoms with E-state index in [2.05, 4.69) is 20.8 Å². The van der Waals surface area contributed by atoms with Crippen molar-refractivity contribution in [2.24, 2.45) is 0 Å². The van der Waals surface area contributed by atoms with Gasteiger partial charge in [-0.05, 0) is 18.2 Å². The highest BCUT2D eigenvalue weighted by atomic mass is 35.5. The Labute approximate surface area is 124 Å². The zero-order valence-corrected chi connectivity index (χ0v) is 11.4. The zero-order valence-electron chi connectivity index (χ0n) is 10.7. The lowest BCUT2D eigenvalue weighted by Gasteiger charge is -2.08. The second-order valence-corrected chi connectivity index (χ2v) is 4.37. The van der Waals surface area contributed by atoms with E-state index in [0.29, 0.717) is 24.5 Å². The predicted octanol–water partition coefficient (Wildman–Crippen LogP) is 1.79. The Morgan fingerprint density at radius 3 is 2.81 bits per heavy atom. The number of nitrogens with one attached hydrogen (secondary N) is 2.